The van der Waals surface area contributed by atoms with Crippen molar-refractivity contribution >= 4 is 45.9 Å². The molecule has 0 radical (unpaired) electrons. The van der Waals surface area contributed by atoms with E-state index in [2.05, 4.69) is 15.5 Å². The van der Waals surface area contributed by atoms with Crippen LogP contribution in [0.5, 0.6) is 0 Å². The summed E-state index contributed by atoms with van der Waals surface area (Å²) in [5, 5.41) is 11.8. The number of nitrogen functional groups attached to an aromatic ring is 1. The Morgan fingerprint density at radius 3 is 2.50 bits per heavy atom. The molecule has 4 rings (SSSR count). The van der Waals surface area contributed by atoms with Gasteiger partial charge in [0.25, 0.3) is 0 Å². The molecular weight excluding hydrogens is 470 g/mol. The second kappa shape index (κ2) is 11.0. The van der Waals surface area contributed by atoms with Crippen molar-refractivity contribution in [2.75, 3.05) is 17.7 Å². The number of nitrogens with one attached hydrogen (secondary N) is 1. The smallest absolute Gasteiger partial charge is 0.341 e. The average Bonchev–Trinajstić information content (AvgIpc) is 3.43. The second-order valence-electron chi connectivity index (χ2n) is 7.19. The Hall–Kier alpha value is -3.63. The number of nitrogens with two attached hydrogens (primary N) is 1. The van der Waals surface area contributed by atoms with Gasteiger partial charge in [-0.1, -0.05) is 72.4 Å². The van der Waals surface area contributed by atoms with Gasteiger partial charge in [-0.05, 0) is 24.1 Å². The molecule has 10 heteroatoms. The minimum Gasteiger partial charge on any atom is -0.462 e. The van der Waals surface area contributed by atoms with Crippen LogP contribution in [0.25, 0.3) is 10.4 Å². The molecule has 0 aliphatic heterocycles. The monoisotopic (exact) mass is 493 g/mol. The van der Waals surface area contributed by atoms with Gasteiger partial charge in [-0.15, -0.1) is 21.5 Å². The van der Waals surface area contributed by atoms with E-state index in [-0.39, 0.29) is 25.0 Å². The number of thioether (sulfide) groups is 1. The first kappa shape index (κ1) is 23.5. The van der Waals surface area contributed by atoms with Crippen LogP contribution < -0.4 is 11.1 Å². The van der Waals surface area contributed by atoms with Crippen molar-refractivity contribution in [1.29, 1.82) is 0 Å². The minimum absolute atomic E-state index is 0.0865. The SMILES string of the molecule is CCOC(=O)c1cc(-c2ccccc2)sc1NC(=O)Cn1c(N)nnc1SCc1ccccc1. The van der Waals surface area contributed by atoms with Gasteiger partial charge in [0.15, 0.2) is 5.16 Å². The molecule has 2 aromatic carbocycles. The standard InChI is InChI=1S/C24H23N5O3S2/c1-2-32-22(31)18-13-19(17-11-7-4-8-12-17)34-21(18)26-20(30)14-29-23(25)27-28-24(29)33-15-16-9-5-3-6-10-16/h3-13H,2,14-15H2,1H3,(H2,25,27)(H,26,30). The summed E-state index contributed by atoms with van der Waals surface area (Å²) in [4.78, 5) is 26.3. The van der Waals surface area contributed by atoms with Crippen LogP contribution in [0.15, 0.2) is 71.9 Å². The predicted molar refractivity (Wildman–Crippen MR) is 135 cm³/mol. The molecule has 0 saturated carbocycles. The van der Waals surface area contributed by atoms with Crippen LogP contribution in [0.2, 0.25) is 0 Å². The molecule has 1 amide bonds. The van der Waals surface area contributed by atoms with E-state index < -0.39 is 5.97 Å². The number of carbonyl (C=O) groups is 2. The number of rotatable bonds is 9. The highest BCUT2D eigenvalue weighted by Crippen LogP contribution is 2.36. The fraction of sp³-hybridized carbons (Fsp3) is 0.167. The third-order valence-electron chi connectivity index (χ3n) is 4.80. The maximum absolute atomic E-state index is 12.9. The van der Waals surface area contributed by atoms with Crippen molar-refractivity contribution in [2.45, 2.75) is 24.4 Å². The summed E-state index contributed by atoms with van der Waals surface area (Å²) in [6, 6.07) is 21.3. The predicted octanol–water partition coefficient (Wildman–Crippen LogP) is 4.70. The van der Waals surface area contributed by atoms with Gasteiger partial charge in [-0.2, -0.15) is 0 Å². The molecule has 3 N–H and O–H groups in total. The van der Waals surface area contributed by atoms with Crippen LogP contribution in [0, 0.1) is 0 Å². The summed E-state index contributed by atoms with van der Waals surface area (Å²) in [6.07, 6.45) is 0. The molecule has 2 aromatic heterocycles. The molecule has 0 aliphatic rings. The highest BCUT2D eigenvalue weighted by atomic mass is 32.2. The summed E-state index contributed by atoms with van der Waals surface area (Å²) in [5.41, 5.74) is 8.36. The zero-order valence-electron chi connectivity index (χ0n) is 18.4. The fourth-order valence-corrected chi connectivity index (χ4v) is 5.14. The lowest BCUT2D eigenvalue weighted by Gasteiger charge is -2.09. The Bertz CT molecular complexity index is 1270. The van der Waals surface area contributed by atoms with E-state index >= 15 is 0 Å². The van der Waals surface area contributed by atoms with Crippen LogP contribution in [-0.2, 0) is 21.8 Å². The average molecular weight is 494 g/mol. The zero-order chi connectivity index (χ0) is 23.9. The summed E-state index contributed by atoms with van der Waals surface area (Å²) in [5.74, 6) is -0.0226. The van der Waals surface area contributed by atoms with E-state index in [1.54, 1.807) is 17.6 Å². The molecule has 174 valence electrons. The molecule has 0 fully saturated rings. The third-order valence-corrected chi connectivity index (χ3v) is 6.93. The lowest BCUT2D eigenvalue weighted by molar-refractivity contribution is -0.116. The number of anilines is 2. The van der Waals surface area contributed by atoms with Gasteiger partial charge >= 0.3 is 5.97 Å². The number of carbonyl (C=O) groups excluding carboxylic acids is 2. The van der Waals surface area contributed by atoms with E-state index in [9.17, 15) is 9.59 Å². The van der Waals surface area contributed by atoms with Crippen molar-refractivity contribution < 1.29 is 14.3 Å². The van der Waals surface area contributed by atoms with Gasteiger partial charge < -0.3 is 15.8 Å². The molecule has 0 aliphatic carbocycles. The van der Waals surface area contributed by atoms with Crippen LogP contribution in [0.3, 0.4) is 0 Å². The first-order valence-corrected chi connectivity index (χ1v) is 12.4. The Morgan fingerprint density at radius 1 is 1.09 bits per heavy atom. The van der Waals surface area contributed by atoms with Crippen LogP contribution in [0.1, 0.15) is 22.8 Å². The Kier molecular flexibility index (Phi) is 7.61. The Labute approximate surface area is 205 Å². The molecule has 0 spiro atoms. The van der Waals surface area contributed by atoms with Gasteiger partial charge in [0.2, 0.25) is 11.9 Å². The second-order valence-corrected chi connectivity index (χ2v) is 9.18. The highest BCUT2D eigenvalue weighted by molar-refractivity contribution is 7.98. The van der Waals surface area contributed by atoms with Crippen molar-refractivity contribution in [3.05, 3.63) is 77.9 Å². The molecule has 2 heterocycles. The number of benzene rings is 2. The van der Waals surface area contributed by atoms with Crippen molar-refractivity contribution in [3.8, 4) is 10.4 Å². The van der Waals surface area contributed by atoms with E-state index in [4.69, 9.17) is 10.5 Å². The molecular formula is C24H23N5O3S2. The van der Waals surface area contributed by atoms with Gasteiger partial charge in [-0.25, -0.2) is 4.79 Å². The van der Waals surface area contributed by atoms with Crippen LogP contribution in [-0.4, -0.2) is 33.2 Å². The number of thiophene rings is 1. The Balaban J connectivity index is 1.51. The molecule has 8 nitrogen and oxygen atoms in total. The third kappa shape index (κ3) is 5.64. The maximum atomic E-state index is 12.9. The number of esters is 1. The first-order valence-electron chi connectivity index (χ1n) is 10.6. The lowest BCUT2D eigenvalue weighted by atomic mass is 10.1. The molecule has 34 heavy (non-hydrogen) atoms. The van der Waals surface area contributed by atoms with Gasteiger partial charge in [0, 0.05) is 10.6 Å². The molecule has 0 atom stereocenters. The maximum Gasteiger partial charge on any atom is 0.341 e. The minimum atomic E-state index is -0.487. The van der Waals surface area contributed by atoms with E-state index in [0.29, 0.717) is 21.5 Å². The van der Waals surface area contributed by atoms with Gasteiger partial charge in [0.05, 0.1) is 12.2 Å². The van der Waals surface area contributed by atoms with E-state index in [1.807, 2.05) is 60.7 Å². The van der Waals surface area contributed by atoms with Gasteiger partial charge in [0.1, 0.15) is 11.5 Å². The van der Waals surface area contributed by atoms with E-state index in [1.165, 1.54) is 23.1 Å². The molecule has 0 bridgehead atoms. The normalized spacial score (nSPS) is 10.7. The number of hydrogen-bond donors (Lipinski definition) is 2. The van der Waals surface area contributed by atoms with Crippen molar-refractivity contribution in [3.63, 3.8) is 0 Å². The number of nitrogens with zero attached hydrogens (tertiary/aromatic N) is 3. The summed E-state index contributed by atoms with van der Waals surface area (Å²) < 4.78 is 6.74. The lowest BCUT2D eigenvalue weighted by Crippen LogP contribution is -2.21. The zero-order valence-corrected chi connectivity index (χ0v) is 20.1. The van der Waals surface area contributed by atoms with E-state index in [0.717, 1.165) is 16.0 Å². The number of aromatic nitrogens is 3. The highest BCUT2D eigenvalue weighted by Gasteiger charge is 2.21. The van der Waals surface area contributed by atoms with Gasteiger partial charge in [-0.3, -0.25) is 9.36 Å². The van der Waals surface area contributed by atoms with Crippen LogP contribution >= 0.6 is 23.1 Å². The topological polar surface area (TPSA) is 112 Å². The summed E-state index contributed by atoms with van der Waals surface area (Å²) in [7, 11) is 0. The number of amides is 1. The van der Waals surface area contributed by atoms with Crippen molar-refractivity contribution in [2.24, 2.45) is 0 Å². The molecule has 0 saturated heterocycles. The Morgan fingerprint density at radius 2 is 1.79 bits per heavy atom. The number of hydrogen-bond acceptors (Lipinski definition) is 8. The number of ether oxygens (including phenoxy) is 1. The largest absolute Gasteiger partial charge is 0.462 e. The fourth-order valence-electron chi connectivity index (χ4n) is 3.18. The molecule has 4 aromatic rings. The van der Waals surface area contributed by atoms with Crippen molar-refractivity contribution in [1.82, 2.24) is 14.8 Å². The first-order chi connectivity index (χ1) is 16.5. The summed E-state index contributed by atoms with van der Waals surface area (Å²) in [6.45, 7) is 1.89. The summed E-state index contributed by atoms with van der Waals surface area (Å²) >= 11 is 2.76. The quantitative estimate of drug-likeness (QED) is 0.257. The molecule has 0 unspecified atom stereocenters. The van der Waals surface area contributed by atoms with Crippen LogP contribution in [0.4, 0.5) is 10.9 Å².